The number of thioether (sulfide) groups is 1. The van der Waals surface area contributed by atoms with Crippen LogP contribution < -0.4 is 4.74 Å². The molecule has 3 aromatic carbocycles. The number of nitrogens with zero attached hydrogens (tertiary/aromatic N) is 2. The zero-order valence-corrected chi connectivity index (χ0v) is 18.0. The number of halogens is 1. The molecule has 1 aliphatic rings. The van der Waals surface area contributed by atoms with E-state index in [0.717, 1.165) is 22.2 Å². The van der Waals surface area contributed by atoms with Gasteiger partial charge in [0.25, 0.3) is 16.8 Å². The van der Waals surface area contributed by atoms with Crippen LogP contribution in [0.2, 0.25) is 0 Å². The van der Waals surface area contributed by atoms with E-state index in [1.165, 1.54) is 24.3 Å². The number of carbonyl (C=O) groups is 2. The van der Waals surface area contributed by atoms with Crippen molar-refractivity contribution in [1.29, 1.82) is 0 Å². The zero-order chi connectivity index (χ0) is 23.4. The van der Waals surface area contributed by atoms with Gasteiger partial charge in [0.1, 0.15) is 18.2 Å². The van der Waals surface area contributed by atoms with Gasteiger partial charge in [-0.25, -0.2) is 4.39 Å². The monoisotopic (exact) mass is 464 g/mol. The maximum Gasteiger partial charge on any atom is 0.293 e. The van der Waals surface area contributed by atoms with E-state index in [2.05, 4.69) is 0 Å². The lowest BCUT2D eigenvalue weighted by Gasteiger charge is -2.12. The third-order valence-corrected chi connectivity index (χ3v) is 5.78. The summed E-state index contributed by atoms with van der Waals surface area (Å²) in [7, 11) is 0. The number of amides is 2. The molecule has 9 heteroatoms. The highest BCUT2D eigenvalue weighted by molar-refractivity contribution is 8.18. The summed E-state index contributed by atoms with van der Waals surface area (Å²) in [5.41, 5.74) is 1.69. The first-order valence-corrected chi connectivity index (χ1v) is 10.7. The summed E-state index contributed by atoms with van der Waals surface area (Å²) >= 11 is 0.802. The Kier molecular flexibility index (Phi) is 6.50. The highest BCUT2D eigenvalue weighted by atomic mass is 32.2. The van der Waals surface area contributed by atoms with E-state index in [0.29, 0.717) is 11.3 Å². The minimum Gasteiger partial charge on any atom is -0.489 e. The summed E-state index contributed by atoms with van der Waals surface area (Å²) in [4.78, 5) is 36.6. The Bertz CT molecular complexity index is 1260. The van der Waals surface area contributed by atoms with Crippen molar-refractivity contribution in [3.63, 3.8) is 0 Å². The van der Waals surface area contributed by atoms with Crippen LogP contribution in [0.5, 0.6) is 5.75 Å². The number of benzene rings is 3. The van der Waals surface area contributed by atoms with Crippen molar-refractivity contribution >= 4 is 34.7 Å². The molecule has 0 unspecified atom stereocenters. The minimum absolute atomic E-state index is 0.00435. The number of imide groups is 1. The van der Waals surface area contributed by atoms with Gasteiger partial charge in [-0.3, -0.25) is 24.6 Å². The fourth-order valence-electron chi connectivity index (χ4n) is 3.16. The Morgan fingerprint density at radius 2 is 1.79 bits per heavy atom. The summed E-state index contributed by atoms with van der Waals surface area (Å²) in [6.45, 7) is 0.0771. The maximum absolute atomic E-state index is 13.9. The average Bonchev–Trinajstić information content (AvgIpc) is 3.07. The summed E-state index contributed by atoms with van der Waals surface area (Å²) in [6, 6.07) is 19.0. The van der Waals surface area contributed by atoms with E-state index >= 15 is 0 Å². The lowest BCUT2D eigenvalue weighted by atomic mass is 10.2. The molecule has 166 valence electrons. The molecule has 7 nitrogen and oxygen atoms in total. The van der Waals surface area contributed by atoms with Crippen LogP contribution in [0.1, 0.15) is 16.7 Å². The number of nitro benzene ring substituents is 1. The zero-order valence-electron chi connectivity index (χ0n) is 17.1. The highest BCUT2D eigenvalue weighted by Gasteiger charge is 2.35. The number of ether oxygens (including phenoxy) is 1. The lowest BCUT2D eigenvalue weighted by Crippen LogP contribution is -2.27. The van der Waals surface area contributed by atoms with Gasteiger partial charge < -0.3 is 4.74 Å². The molecule has 2 amide bonds. The Morgan fingerprint density at radius 3 is 2.52 bits per heavy atom. The van der Waals surface area contributed by atoms with E-state index in [4.69, 9.17) is 4.74 Å². The van der Waals surface area contributed by atoms with Crippen molar-refractivity contribution in [2.24, 2.45) is 0 Å². The molecule has 1 aliphatic heterocycles. The fraction of sp³-hybridized carbons (Fsp3) is 0.0833. The van der Waals surface area contributed by atoms with Crippen LogP contribution in [0, 0.1) is 15.9 Å². The van der Waals surface area contributed by atoms with Gasteiger partial charge in [0.15, 0.2) is 0 Å². The molecule has 0 bridgehead atoms. The van der Waals surface area contributed by atoms with Gasteiger partial charge in [-0.05, 0) is 59.3 Å². The molecule has 3 aromatic rings. The molecule has 0 aliphatic carbocycles. The van der Waals surface area contributed by atoms with E-state index in [9.17, 15) is 24.1 Å². The van der Waals surface area contributed by atoms with Gasteiger partial charge in [0.2, 0.25) is 0 Å². The molecule has 1 heterocycles. The third-order valence-electron chi connectivity index (χ3n) is 4.87. The van der Waals surface area contributed by atoms with Gasteiger partial charge in [-0.1, -0.05) is 30.3 Å². The molecule has 0 spiro atoms. The maximum atomic E-state index is 13.9. The number of nitro groups is 1. The van der Waals surface area contributed by atoms with Crippen molar-refractivity contribution in [2.45, 2.75) is 13.2 Å². The van der Waals surface area contributed by atoms with Crippen molar-refractivity contribution in [1.82, 2.24) is 4.90 Å². The molecule has 0 saturated carbocycles. The van der Waals surface area contributed by atoms with E-state index < -0.39 is 21.9 Å². The quantitative estimate of drug-likeness (QED) is 0.259. The average molecular weight is 464 g/mol. The molecule has 0 atom stereocenters. The van der Waals surface area contributed by atoms with Gasteiger partial charge in [0.05, 0.1) is 16.4 Å². The van der Waals surface area contributed by atoms with Crippen LogP contribution in [0.3, 0.4) is 0 Å². The normalized spacial score (nSPS) is 14.7. The molecule has 4 rings (SSSR count). The predicted molar refractivity (Wildman–Crippen MR) is 122 cm³/mol. The van der Waals surface area contributed by atoms with Crippen LogP contribution in [0.4, 0.5) is 14.9 Å². The Labute approximate surface area is 192 Å². The van der Waals surface area contributed by atoms with Crippen LogP contribution in [-0.2, 0) is 17.9 Å². The van der Waals surface area contributed by atoms with Gasteiger partial charge in [-0.2, -0.15) is 0 Å². The predicted octanol–water partition coefficient (Wildman–Crippen LogP) is 5.55. The molecule has 0 aromatic heterocycles. The summed E-state index contributed by atoms with van der Waals surface area (Å²) in [5.74, 6) is -0.420. The number of rotatable bonds is 7. The summed E-state index contributed by atoms with van der Waals surface area (Å²) in [5, 5.41) is 10.3. The topological polar surface area (TPSA) is 89.7 Å². The van der Waals surface area contributed by atoms with E-state index in [1.54, 1.807) is 54.6 Å². The molecule has 0 N–H and O–H groups in total. The number of hydrogen-bond donors (Lipinski definition) is 0. The summed E-state index contributed by atoms with van der Waals surface area (Å²) < 4.78 is 19.7. The lowest BCUT2D eigenvalue weighted by molar-refractivity contribution is -0.384. The van der Waals surface area contributed by atoms with Crippen molar-refractivity contribution in [3.05, 3.63) is 110 Å². The van der Waals surface area contributed by atoms with Gasteiger partial charge in [0, 0.05) is 17.7 Å². The van der Waals surface area contributed by atoms with Crippen LogP contribution >= 0.6 is 11.8 Å². The first-order valence-electron chi connectivity index (χ1n) is 9.86. The van der Waals surface area contributed by atoms with Crippen molar-refractivity contribution in [2.75, 3.05) is 0 Å². The first-order chi connectivity index (χ1) is 15.9. The molecular weight excluding hydrogens is 447 g/mol. The highest BCUT2D eigenvalue weighted by Crippen LogP contribution is 2.34. The van der Waals surface area contributed by atoms with Crippen LogP contribution in [0.25, 0.3) is 6.08 Å². The van der Waals surface area contributed by atoms with Crippen LogP contribution in [0.15, 0.2) is 77.7 Å². The standard InChI is InChI=1S/C24H17FN2O5S/c25-21-7-2-1-5-18(21)14-26-23(28)22(33-24(26)29)13-17-4-3-6-20(12-17)32-15-16-8-10-19(11-9-16)27(30)31/h1-13H,14-15H2/b22-13-. The Balaban J connectivity index is 1.44. The van der Waals surface area contributed by atoms with Crippen LogP contribution in [-0.4, -0.2) is 21.0 Å². The summed E-state index contributed by atoms with van der Waals surface area (Å²) in [6.07, 6.45) is 1.59. The van der Waals surface area contributed by atoms with Crippen molar-refractivity contribution in [3.8, 4) is 5.75 Å². The minimum atomic E-state index is -0.481. The number of hydrogen-bond acceptors (Lipinski definition) is 6. The number of carbonyl (C=O) groups excluding carboxylic acids is 2. The smallest absolute Gasteiger partial charge is 0.293 e. The Hall–Kier alpha value is -3.98. The van der Waals surface area contributed by atoms with E-state index in [-0.39, 0.29) is 29.3 Å². The van der Waals surface area contributed by atoms with Gasteiger partial charge in [-0.15, -0.1) is 0 Å². The van der Waals surface area contributed by atoms with Gasteiger partial charge >= 0.3 is 0 Å². The van der Waals surface area contributed by atoms with E-state index in [1.807, 2.05) is 0 Å². The largest absolute Gasteiger partial charge is 0.489 e. The Morgan fingerprint density at radius 1 is 1.03 bits per heavy atom. The molecule has 1 fully saturated rings. The second-order valence-electron chi connectivity index (χ2n) is 7.14. The fourth-order valence-corrected chi connectivity index (χ4v) is 4.00. The molecule has 1 saturated heterocycles. The van der Waals surface area contributed by atoms with Crippen molar-refractivity contribution < 1.29 is 23.6 Å². The second-order valence-corrected chi connectivity index (χ2v) is 8.14. The molecule has 0 radical (unpaired) electrons. The first kappa shape index (κ1) is 22.2. The SMILES string of the molecule is O=C1S/C(=C\c2cccc(OCc3ccc([N+](=O)[O-])cc3)c2)C(=O)N1Cc1ccccc1F. The molecular formula is C24H17FN2O5S. The second kappa shape index (κ2) is 9.66. The molecule has 33 heavy (non-hydrogen) atoms. The third kappa shape index (κ3) is 5.27. The number of non-ortho nitro benzene ring substituents is 1.